The van der Waals surface area contributed by atoms with Crippen molar-refractivity contribution in [3.05, 3.63) is 34.9 Å². The summed E-state index contributed by atoms with van der Waals surface area (Å²) < 4.78 is 12.2. The van der Waals surface area contributed by atoms with Gasteiger partial charge >= 0.3 is 0 Å². The SMILES string of the molecule is O=C(c1ccc2c(c1)CC2)C1CC2CCCC(C1)S2=O. The van der Waals surface area contributed by atoms with Gasteiger partial charge in [-0.15, -0.1) is 0 Å². The lowest BCUT2D eigenvalue weighted by molar-refractivity contribution is 0.0895. The van der Waals surface area contributed by atoms with Gasteiger partial charge < -0.3 is 0 Å². The quantitative estimate of drug-likeness (QED) is 0.784. The maximum Gasteiger partial charge on any atom is 0.166 e. The van der Waals surface area contributed by atoms with Crippen LogP contribution in [0.1, 0.15) is 53.6 Å². The van der Waals surface area contributed by atoms with Crippen LogP contribution in [0.15, 0.2) is 18.2 Å². The van der Waals surface area contributed by atoms with Crippen molar-refractivity contribution in [2.24, 2.45) is 5.92 Å². The van der Waals surface area contributed by atoms with E-state index in [0.29, 0.717) is 5.78 Å². The fraction of sp³-hybridized carbons (Fsp3) is 0.588. The first-order chi connectivity index (χ1) is 9.72. The summed E-state index contributed by atoms with van der Waals surface area (Å²) in [7, 11) is -0.679. The van der Waals surface area contributed by atoms with Gasteiger partial charge in [-0.05, 0) is 55.7 Å². The molecular weight excluding hydrogens is 268 g/mol. The van der Waals surface area contributed by atoms with E-state index in [2.05, 4.69) is 12.1 Å². The third-order valence-corrected chi connectivity index (χ3v) is 7.50. The van der Waals surface area contributed by atoms with Crippen molar-refractivity contribution in [2.45, 2.75) is 55.4 Å². The Morgan fingerprint density at radius 1 is 1.05 bits per heavy atom. The first-order valence-corrected chi connectivity index (χ1v) is 9.05. The van der Waals surface area contributed by atoms with E-state index >= 15 is 0 Å². The van der Waals surface area contributed by atoms with Gasteiger partial charge in [0.25, 0.3) is 0 Å². The summed E-state index contributed by atoms with van der Waals surface area (Å²) in [5, 5.41) is 0.561. The van der Waals surface area contributed by atoms with Gasteiger partial charge in [-0.1, -0.05) is 18.6 Å². The molecule has 2 fully saturated rings. The third kappa shape index (κ3) is 1.98. The second kappa shape index (κ2) is 4.80. The van der Waals surface area contributed by atoms with Crippen molar-refractivity contribution in [1.29, 1.82) is 0 Å². The summed E-state index contributed by atoms with van der Waals surface area (Å²) in [6, 6.07) is 6.22. The molecule has 3 heteroatoms. The highest BCUT2D eigenvalue weighted by Crippen LogP contribution is 2.38. The molecule has 2 aliphatic heterocycles. The number of ketones is 1. The number of hydrogen-bond acceptors (Lipinski definition) is 2. The maximum absolute atomic E-state index is 12.7. The lowest BCUT2D eigenvalue weighted by Gasteiger charge is -2.37. The third-order valence-electron chi connectivity index (χ3n) is 5.33. The van der Waals surface area contributed by atoms with Gasteiger partial charge in [0.2, 0.25) is 0 Å². The molecule has 2 unspecified atom stereocenters. The Bertz CT molecular complexity index is 577. The van der Waals surface area contributed by atoms with Crippen LogP contribution < -0.4 is 0 Å². The van der Waals surface area contributed by atoms with E-state index in [0.717, 1.165) is 44.1 Å². The molecule has 1 aliphatic carbocycles. The van der Waals surface area contributed by atoms with Gasteiger partial charge in [0.15, 0.2) is 5.78 Å². The van der Waals surface area contributed by atoms with E-state index in [-0.39, 0.29) is 16.4 Å². The van der Waals surface area contributed by atoms with Crippen LogP contribution in [0.4, 0.5) is 0 Å². The Labute approximate surface area is 122 Å². The van der Waals surface area contributed by atoms with E-state index in [1.54, 1.807) is 0 Å². The predicted octanol–water partition coefficient (Wildman–Crippen LogP) is 3.05. The normalized spacial score (nSPS) is 35.0. The molecule has 106 valence electrons. The summed E-state index contributed by atoms with van der Waals surface area (Å²) in [4.78, 5) is 12.7. The van der Waals surface area contributed by atoms with Crippen LogP contribution >= 0.6 is 0 Å². The molecule has 1 aromatic carbocycles. The van der Waals surface area contributed by atoms with Crippen molar-refractivity contribution < 1.29 is 9.00 Å². The van der Waals surface area contributed by atoms with Gasteiger partial charge in [0.1, 0.15) is 0 Å². The minimum Gasteiger partial charge on any atom is -0.294 e. The molecule has 2 nitrogen and oxygen atoms in total. The summed E-state index contributed by atoms with van der Waals surface area (Å²) in [6.07, 6.45) is 7.28. The van der Waals surface area contributed by atoms with Gasteiger partial charge in [-0.3, -0.25) is 9.00 Å². The number of benzene rings is 1. The van der Waals surface area contributed by atoms with E-state index in [1.165, 1.54) is 17.5 Å². The van der Waals surface area contributed by atoms with Gasteiger partial charge in [-0.2, -0.15) is 0 Å². The molecule has 2 bridgehead atoms. The van der Waals surface area contributed by atoms with Crippen molar-refractivity contribution in [3.63, 3.8) is 0 Å². The Hall–Kier alpha value is -0.960. The molecule has 2 atom stereocenters. The predicted molar refractivity (Wildman–Crippen MR) is 80.5 cm³/mol. The molecule has 0 radical (unpaired) electrons. The topological polar surface area (TPSA) is 34.1 Å². The average molecular weight is 288 g/mol. The molecular formula is C17H20O2S. The fourth-order valence-electron chi connectivity index (χ4n) is 4.03. The number of fused-ring (bicyclic) bond motifs is 3. The molecule has 0 aromatic heterocycles. The summed E-state index contributed by atoms with van der Waals surface area (Å²) >= 11 is 0. The van der Waals surface area contributed by atoms with Crippen LogP contribution in [0, 0.1) is 5.92 Å². The highest BCUT2D eigenvalue weighted by molar-refractivity contribution is 7.86. The van der Waals surface area contributed by atoms with Gasteiger partial charge in [0.05, 0.1) is 0 Å². The molecule has 2 saturated heterocycles. The van der Waals surface area contributed by atoms with Crippen LogP contribution in [0.2, 0.25) is 0 Å². The molecule has 2 heterocycles. The first-order valence-electron chi connectivity index (χ1n) is 7.78. The molecule has 0 saturated carbocycles. The Morgan fingerprint density at radius 2 is 1.75 bits per heavy atom. The molecule has 3 aliphatic rings. The van der Waals surface area contributed by atoms with Crippen molar-refractivity contribution in [2.75, 3.05) is 0 Å². The molecule has 4 rings (SSSR count). The lowest BCUT2D eigenvalue weighted by atomic mass is 9.81. The largest absolute Gasteiger partial charge is 0.294 e. The molecule has 0 amide bonds. The van der Waals surface area contributed by atoms with E-state index in [1.807, 2.05) is 6.07 Å². The lowest BCUT2D eigenvalue weighted by Crippen LogP contribution is -2.41. The van der Waals surface area contributed by atoms with E-state index in [9.17, 15) is 9.00 Å². The standard InChI is InChI=1S/C17H20O2S/c18-17(13-7-5-11-4-6-12(11)8-13)14-9-15-2-1-3-16(10-14)20(15)19/h5,7-8,14-16H,1-4,6,9-10H2. The number of rotatable bonds is 2. The minimum absolute atomic E-state index is 0.112. The van der Waals surface area contributed by atoms with Crippen molar-refractivity contribution in [3.8, 4) is 0 Å². The van der Waals surface area contributed by atoms with Gasteiger partial charge in [-0.25, -0.2) is 0 Å². The smallest absolute Gasteiger partial charge is 0.166 e. The van der Waals surface area contributed by atoms with Crippen LogP contribution in [0.5, 0.6) is 0 Å². The minimum atomic E-state index is -0.679. The highest BCUT2D eigenvalue weighted by Gasteiger charge is 2.40. The van der Waals surface area contributed by atoms with Crippen LogP contribution in [-0.4, -0.2) is 20.5 Å². The monoisotopic (exact) mass is 288 g/mol. The Balaban J connectivity index is 1.56. The number of Topliss-reactive ketones (excluding diaryl/α,β-unsaturated/α-hetero) is 1. The summed E-state index contributed by atoms with van der Waals surface area (Å²) in [5.41, 5.74) is 3.65. The molecule has 1 aromatic rings. The van der Waals surface area contributed by atoms with E-state index in [4.69, 9.17) is 0 Å². The zero-order valence-electron chi connectivity index (χ0n) is 11.6. The molecule has 0 N–H and O–H groups in total. The maximum atomic E-state index is 12.7. The first kappa shape index (κ1) is 12.8. The summed E-state index contributed by atoms with van der Waals surface area (Å²) in [5.74, 6) is 0.412. The highest BCUT2D eigenvalue weighted by atomic mass is 32.2. The van der Waals surface area contributed by atoms with Crippen LogP contribution in [0.25, 0.3) is 0 Å². The zero-order valence-corrected chi connectivity index (χ0v) is 12.5. The number of aryl methyl sites for hydroxylation is 2. The fourth-order valence-corrected chi connectivity index (χ4v) is 6.22. The Kier molecular flexibility index (Phi) is 3.06. The number of carbonyl (C=O) groups excluding carboxylic acids is 1. The second-order valence-corrected chi connectivity index (χ2v) is 8.51. The van der Waals surface area contributed by atoms with Crippen molar-refractivity contribution in [1.82, 2.24) is 0 Å². The second-order valence-electron chi connectivity index (χ2n) is 6.52. The number of hydrogen-bond donors (Lipinski definition) is 0. The van der Waals surface area contributed by atoms with Crippen LogP contribution in [0.3, 0.4) is 0 Å². The molecule has 0 spiro atoms. The van der Waals surface area contributed by atoms with E-state index < -0.39 is 10.8 Å². The van der Waals surface area contributed by atoms with Crippen LogP contribution in [-0.2, 0) is 23.6 Å². The summed E-state index contributed by atoms with van der Waals surface area (Å²) in [6.45, 7) is 0. The molecule has 20 heavy (non-hydrogen) atoms. The van der Waals surface area contributed by atoms with Crippen molar-refractivity contribution >= 4 is 16.6 Å². The number of carbonyl (C=O) groups is 1. The zero-order chi connectivity index (χ0) is 13.7. The average Bonchev–Trinajstić information content (AvgIpc) is 2.39. The Morgan fingerprint density at radius 3 is 2.35 bits per heavy atom. The van der Waals surface area contributed by atoms with Gasteiger partial charge in [0, 0.05) is 32.8 Å².